The SMILES string of the molecule is CC/C=C\C/C=C\C/C=C\C/C=C\C/C=C\CCCCCCCCCCCCCCCCCC(=O)OCC(O)COP(=O)(O)OCC(O)COP(=O)(O)OCC(COC(=O)CCCCCCCCC/C=C\C/C=C\C/C=C\C/C=C\CCCCC)OC(=O)CCCCCCC/C=C\CCCCCCCC. The summed E-state index contributed by atoms with van der Waals surface area (Å²) in [5, 5.41) is 20.7. The maximum atomic E-state index is 13.0. The third kappa shape index (κ3) is 80.8. The van der Waals surface area contributed by atoms with Crippen LogP contribution in [-0.4, -0.2) is 95.9 Å². The molecule has 0 rings (SSSR count). The fourth-order valence-corrected chi connectivity index (χ4v) is 12.9. The number of ether oxygens (including phenoxy) is 3. The molecule has 0 saturated heterocycles. The lowest BCUT2D eigenvalue weighted by Crippen LogP contribution is -2.30. The molecule has 0 saturated carbocycles. The molecule has 5 unspecified atom stereocenters. The van der Waals surface area contributed by atoms with Gasteiger partial charge in [-0.15, -0.1) is 0 Å². The number of aliphatic hydroxyl groups is 2. The van der Waals surface area contributed by atoms with Crippen molar-refractivity contribution < 1.29 is 75.8 Å². The van der Waals surface area contributed by atoms with Gasteiger partial charge in [-0.2, -0.15) is 0 Å². The van der Waals surface area contributed by atoms with Crippen LogP contribution in [0.5, 0.6) is 0 Å². The Hall–Kier alpha value is -4.05. The van der Waals surface area contributed by atoms with E-state index in [2.05, 4.69) is 142 Å². The molecule has 0 spiro atoms. The van der Waals surface area contributed by atoms with Gasteiger partial charge in [-0.1, -0.05) is 322 Å². The molecular formula is C87H152O16P2. The van der Waals surface area contributed by atoms with Crippen LogP contribution in [0.2, 0.25) is 0 Å². The molecule has 5 atom stereocenters. The van der Waals surface area contributed by atoms with Crippen molar-refractivity contribution in [1.82, 2.24) is 0 Å². The normalized spacial score (nSPS) is 14.5. The molecule has 0 aliphatic rings. The number of unbranched alkanes of at least 4 members (excludes halogenated alkanes) is 36. The standard InChI is InChI=1S/C87H152O16P2/c1-4-7-10-13-16-19-22-25-28-30-32-34-36-37-38-39-40-41-42-43-45-47-48-50-53-55-58-61-64-67-70-73-85(90)97-76-82(88)77-99-104(93,94)100-78-83(89)79-101-105(95,96)102-81-84(103-87(92)75-72-69-66-63-60-57-52-27-24-21-18-15-12-9-6-3)80-98-86(91)74-71-68-65-62-59-56-54-51-49-46-44-35-33-31-29-26-23-20-17-14-11-8-5-2/h7,10,16-17,19-20,25-29,32-35,37-38,46,49,52,82-84,88-89H,4-6,8-9,11-15,18,21-24,30-31,36,39-45,47-48,50-51,53-81H2,1-3H3,(H,93,94)(H,95,96)/b10-7-,19-16-,20-17-,28-25-,29-26-,34-32-,35-33-,38-37-,49-46-,52-27-. The lowest BCUT2D eigenvalue weighted by Gasteiger charge is -2.21. The molecule has 0 aromatic rings. The Bertz CT molecular complexity index is 2390. The smallest absolute Gasteiger partial charge is 0.463 e. The topological polar surface area (TPSA) is 231 Å². The van der Waals surface area contributed by atoms with Crippen molar-refractivity contribution in [3.63, 3.8) is 0 Å². The summed E-state index contributed by atoms with van der Waals surface area (Å²) in [5.41, 5.74) is 0. The second-order valence-corrected chi connectivity index (χ2v) is 30.8. The van der Waals surface area contributed by atoms with Gasteiger partial charge in [0.25, 0.3) is 0 Å². The van der Waals surface area contributed by atoms with Gasteiger partial charge in [0.05, 0.1) is 26.4 Å². The number of rotatable bonds is 79. The van der Waals surface area contributed by atoms with Crippen LogP contribution < -0.4 is 0 Å². The molecule has 0 aliphatic heterocycles. The molecule has 0 fully saturated rings. The van der Waals surface area contributed by atoms with Crippen molar-refractivity contribution in [2.45, 2.75) is 373 Å². The zero-order chi connectivity index (χ0) is 76.6. The molecule has 4 N–H and O–H groups in total. The highest BCUT2D eigenvalue weighted by atomic mass is 31.2. The predicted molar refractivity (Wildman–Crippen MR) is 436 cm³/mol. The van der Waals surface area contributed by atoms with Crippen molar-refractivity contribution in [2.75, 3.05) is 39.6 Å². The van der Waals surface area contributed by atoms with E-state index in [1.807, 2.05) is 0 Å². The fourth-order valence-electron chi connectivity index (χ4n) is 11.3. The number of phosphoric acid groups is 2. The Morgan fingerprint density at radius 1 is 0.276 bits per heavy atom. The maximum Gasteiger partial charge on any atom is 0.472 e. The molecule has 16 nitrogen and oxygen atoms in total. The van der Waals surface area contributed by atoms with Crippen LogP contribution in [0.15, 0.2) is 122 Å². The van der Waals surface area contributed by atoms with E-state index in [1.54, 1.807) is 0 Å². The Labute approximate surface area is 640 Å². The predicted octanol–water partition coefficient (Wildman–Crippen LogP) is 24.9. The van der Waals surface area contributed by atoms with Crippen molar-refractivity contribution in [3.05, 3.63) is 122 Å². The summed E-state index contributed by atoms with van der Waals surface area (Å²) >= 11 is 0. The summed E-state index contributed by atoms with van der Waals surface area (Å²) in [7, 11) is -9.80. The van der Waals surface area contributed by atoms with E-state index in [-0.39, 0.29) is 19.3 Å². The first-order valence-corrected chi connectivity index (χ1v) is 44.8. The molecule has 0 heterocycles. The Morgan fingerprint density at radius 2 is 0.505 bits per heavy atom. The van der Waals surface area contributed by atoms with Crippen LogP contribution in [0.1, 0.15) is 355 Å². The number of aliphatic hydroxyl groups excluding tert-OH is 2. The van der Waals surface area contributed by atoms with Crippen molar-refractivity contribution in [1.29, 1.82) is 0 Å². The van der Waals surface area contributed by atoms with Crippen LogP contribution >= 0.6 is 15.6 Å². The molecule has 0 aromatic heterocycles. The third-order valence-electron chi connectivity index (χ3n) is 17.6. The van der Waals surface area contributed by atoms with Gasteiger partial charge in [-0.05, 0) is 135 Å². The third-order valence-corrected chi connectivity index (χ3v) is 19.5. The minimum absolute atomic E-state index is 0.0918. The minimum Gasteiger partial charge on any atom is -0.463 e. The lowest BCUT2D eigenvalue weighted by molar-refractivity contribution is -0.161. The molecule has 0 bridgehead atoms. The second kappa shape index (κ2) is 79.5. The van der Waals surface area contributed by atoms with Gasteiger partial charge in [0, 0.05) is 19.3 Å². The Morgan fingerprint density at radius 3 is 0.829 bits per heavy atom. The van der Waals surface area contributed by atoms with E-state index in [4.69, 9.17) is 32.3 Å². The fraction of sp³-hybridized carbons (Fsp3) is 0.736. The van der Waals surface area contributed by atoms with E-state index in [0.29, 0.717) is 19.3 Å². The van der Waals surface area contributed by atoms with E-state index < -0.39 is 91.5 Å². The van der Waals surface area contributed by atoms with E-state index >= 15 is 0 Å². The van der Waals surface area contributed by atoms with Crippen molar-refractivity contribution in [3.8, 4) is 0 Å². The summed E-state index contributed by atoms with van der Waals surface area (Å²) in [5.74, 6) is -1.59. The summed E-state index contributed by atoms with van der Waals surface area (Å²) in [4.78, 5) is 58.7. The molecule has 18 heteroatoms. The number of carbonyl (C=O) groups excluding carboxylic acids is 3. The second-order valence-electron chi connectivity index (χ2n) is 27.9. The van der Waals surface area contributed by atoms with E-state index in [1.165, 1.54) is 141 Å². The van der Waals surface area contributed by atoms with Gasteiger partial charge in [0.15, 0.2) is 6.10 Å². The average molecular weight is 1520 g/mol. The summed E-state index contributed by atoms with van der Waals surface area (Å²) in [6.45, 7) is 2.55. The van der Waals surface area contributed by atoms with Gasteiger partial charge in [0.1, 0.15) is 25.4 Å². The maximum absolute atomic E-state index is 13.0. The number of carbonyl (C=O) groups is 3. The highest BCUT2D eigenvalue weighted by molar-refractivity contribution is 7.47. The summed E-state index contributed by atoms with van der Waals surface area (Å²) in [6, 6.07) is 0. The lowest BCUT2D eigenvalue weighted by atomic mass is 10.0. The first-order chi connectivity index (χ1) is 51.2. The molecule has 0 aliphatic carbocycles. The van der Waals surface area contributed by atoms with Crippen LogP contribution in [0.25, 0.3) is 0 Å². The largest absolute Gasteiger partial charge is 0.472 e. The molecule has 105 heavy (non-hydrogen) atoms. The van der Waals surface area contributed by atoms with Crippen LogP contribution in [0, 0.1) is 0 Å². The minimum atomic E-state index is -4.94. The number of phosphoric ester groups is 2. The average Bonchev–Trinajstić information content (AvgIpc) is 0.965. The molecular weight excluding hydrogens is 1360 g/mol. The summed E-state index contributed by atoms with van der Waals surface area (Å²) < 4.78 is 61.2. The molecule has 0 aromatic carbocycles. The van der Waals surface area contributed by atoms with Gasteiger partial charge in [-0.3, -0.25) is 32.5 Å². The zero-order valence-electron chi connectivity index (χ0n) is 66.4. The summed E-state index contributed by atoms with van der Waals surface area (Å²) in [6.07, 6.45) is 95.3. The molecule has 0 amide bonds. The van der Waals surface area contributed by atoms with Gasteiger partial charge < -0.3 is 34.2 Å². The molecule has 606 valence electrons. The zero-order valence-corrected chi connectivity index (χ0v) is 68.2. The van der Waals surface area contributed by atoms with Gasteiger partial charge in [0.2, 0.25) is 0 Å². The number of hydrogen-bond donors (Lipinski definition) is 4. The highest BCUT2D eigenvalue weighted by Gasteiger charge is 2.29. The first-order valence-electron chi connectivity index (χ1n) is 41.8. The monoisotopic (exact) mass is 1520 g/mol. The Kier molecular flexibility index (Phi) is 76.4. The van der Waals surface area contributed by atoms with Crippen LogP contribution in [-0.2, 0) is 55.8 Å². The molecule has 0 radical (unpaired) electrons. The number of hydrogen-bond acceptors (Lipinski definition) is 14. The highest BCUT2D eigenvalue weighted by Crippen LogP contribution is 2.45. The van der Waals surface area contributed by atoms with E-state index in [9.17, 15) is 43.5 Å². The van der Waals surface area contributed by atoms with Crippen LogP contribution in [0.4, 0.5) is 0 Å². The van der Waals surface area contributed by atoms with Gasteiger partial charge in [-0.25, -0.2) is 9.13 Å². The van der Waals surface area contributed by atoms with E-state index in [0.717, 1.165) is 154 Å². The quantitative estimate of drug-likeness (QED) is 0.0146. The number of allylic oxidation sites excluding steroid dienone is 20. The Balaban J connectivity index is 4.50. The van der Waals surface area contributed by atoms with Crippen molar-refractivity contribution >= 4 is 33.6 Å². The van der Waals surface area contributed by atoms with Gasteiger partial charge >= 0.3 is 33.6 Å². The first kappa shape index (κ1) is 101. The number of esters is 3. The van der Waals surface area contributed by atoms with Crippen LogP contribution in [0.3, 0.4) is 0 Å². The van der Waals surface area contributed by atoms with Crippen molar-refractivity contribution in [2.24, 2.45) is 0 Å².